The van der Waals surface area contributed by atoms with Gasteiger partial charge in [0.25, 0.3) is 5.91 Å². The molecule has 0 atom stereocenters. The highest BCUT2D eigenvalue weighted by molar-refractivity contribution is 6.03. The summed E-state index contributed by atoms with van der Waals surface area (Å²) in [6.07, 6.45) is 1.04. The lowest BCUT2D eigenvalue weighted by atomic mass is 10.2. The van der Waals surface area contributed by atoms with E-state index in [0.29, 0.717) is 11.3 Å². The molecule has 2 aromatic heterocycles. The van der Waals surface area contributed by atoms with Crippen LogP contribution in [0, 0.1) is 15.9 Å². The molecule has 0 aliphatic heterocycles. The summed E-state index contributed by atoms with van der Waals surface area (Å²) < 4.78 is 19.5. The van der Waals surface area contributed by atoms with Gasteiger partial charge in [0, 0.05) is 12.6 Å². The number of hydrogen-bond donors (Lipinski definition) is 1. The van der Waals surface area contributed by atoms with E-state index in [0.717, 1.165) is 6.20 Å². The molecule has 0 bridgehead atoms. The van der Waals surface area contributed by atoms with Gasteiger partial charge >= 0.3 is 5.69 Å². The lowest BCUT2D eigenvalue weighted by Crippen LogP contribution is -2.14. The van der Waals surface area contributed by atoms with Gasteiger partial charge in [0.15, 0.2) is 5.76 Å². The van der Waals surface area contributed by atoms with Gasteiger partial charge in [0.1, 0.15) is 17.8 Å². The fourth-order valence-corrected chi connectivity index (χ4v) is 2.10. The second kappa shape index (κ2) is 5.95. The molecule has 0 fully saturated rings. The van der Waals surface area contributed by atoms with Crippen molar-refractivity contribution in [1.82, 2.24) is 9.78 Å². The number of rotatable bonds is 4. The number of aryl methyl sites for hydroxylation is 1. The maximum Gasteiger partial charge on any atom is 0.331 e. The average molecular weight is 330 g/mol. The van der Waals surface area contributed by atoms with Crippen molar-refractivity contribution in [2.45, 2.75) is 0 Å². The van der Waals surface area contributed by atoms with Crippen LogP contribution in [0.25, 0.3) is 11.3 Å². The summed E-state index contributed by atoms with van der Waals surface area (Å²) in [7, 11) is 1.47. The average Bonchev–Trinajstić information content (AvgIpc) is 3.16. The monoisotopic (exact) mass is 330 g/mol. The molecule has 0 spiro atoms. The van der Waals surface area contributed by atoms with E-state index in [1.54, 1.807) is 6.07 Å². The molecule has 1 amide bonds. The second-order valence-electron chi connectivity index (χ2n) is 4.88. The van der Waals surface area contributed by atoms with E-state index in [1.807, 2.05) is 0 Å². The third-order valence-electron chi connectivity index (χ3n) is 3.31. The van der Waals surface area contributed by atoms with Crippen LogP contribution >= 0.6 is 0 Å². The number of benzene rings is 1. The van der Waals surface area contributed by atoms with Crippen molar-refractivity contribution < 1.29 is 18.5 Å². The lowest BCUT2D eigenvalue weighted by Gasteiger charge is -2.03. The zero-order valence-corrected chi connectivity index (χ0v) is 12.4. The zero-order valence-electron chi connectivity index (χ0n) is 12.4. The Bertz CT molecular complexity index is 914. The molecular weight excluding hydrogens is 319 g/mol. The van der Waals surface area contributed by atoms with Crippen molar-refractivity contribution >= 4 is 17.4 Å². The first-order chi connectivity index (χ1) is 11.5. The Kier molecular flexibility index (Phi) is 3.82. The largest absolute Gasteiger partial charge is 0.451 e. The fraction of sp³-hybridized carbons (Fsp3) is 0.0667. The van der Waals surface area contributed by atoms with E-state index in [2.05, 4.69) is 10.4 Å². The Labute approximate surface area is 134 Å². The second-order valence-corrected chi connectivity index (χ2v) is 4.88. The van der Waals surface area contributed by atoms with Gasteiger partial charge in [-0.3, -0.25) is 20.2 Å². The highest BCUT2D eigenvalue weighted by atomic mass is 19.1. The molecule has 122 valence electrons. The number of carbonyl (C=O) groups excluding carboxylic acids is 1. The molecule has 0 saturated carbocycles. The topological polar surface area (TPSA) is 103 Å². The molecule has 3 aromatic rings. The summed E-state index contributed by atoms with van der Waals surface area (Å²) in [4.78, 5) is 22.5. The first-order valence-electron chi connectivity index (χ1n) is 6.79. The molecule has 1 aromatic carbocycles. The molecule has 1 N–H and O–H groups in total. The minimum absolute atomic E-state index is 0.0372. The van der Waals surface area contributed by atoms with Gasteiger partial charge < -0.3 is 4.42 Å². The fourth-order valence-electron chi connectivity index (χ4n) is 2.10. The van der Waals surface area contributed by atoms with Crippen molar-refractivity contribution in [2.24, 2.45) is 7.05 Å². The molecule has 0 saturated heterocycles. The number of furan rings is 1. The van der Waals surface area contributed by atoms with E-state index >= 15 is 0 Å². The van der Waals surface area contributed by atoms with Crippen LogP contribution in [0.15, 0.2) is 47.0 Å². The molecule has 8 nitrogen and oxygen atoms in total. The van der Waals surface area contributed by atoms with Gasteiger partial charge in [0.2, 0.25) is 5.82 Å². The first kappa shape index (κ1) is 15.4. The molecule has 0 aliphatic carbocycles. The van der Waals surface area contributed by atoms with E-state index in [-0.39, 0.29) is 23.1 Å². The maximum atomic E-state index is 12.9. The van der Waals surface area contributed by atoms with Crippen LogP contribution in [0.5, 0.6) is 0 Å². The van der Waals surface area contributed by atoms with Gasteiger partial charge in [-0.25, -0.2) is 9.07 Å². The standard InChI is InChI=1S/C15H11FN4O4/c1-19-14(11(8-17-19)20(22)23)18-15(21)13-7-6-12(24-13)9-2-4-10(16)5-3-9/h2-8H,1H3,(H,18,21). The molecule has 3 rings (SSSR count). The summed E-state index contributed by atoms with van der Waals surface area (Å²) in [6.45, 7) is 0. The Morgan fingerprint density at radius 2 is 2.00 bits per heavy atom. The van der Waals surface area contributed by atoms with Gasteiger partial charge in [0.05, 0.1) is 4.92 Å². The van der Waals surface area contributed by atoms with Crippen LogP contribution in [-0.4, -0.2) is 20.6 Å². The highest BCUT2D eigenvalue weighted by Gasteiger charge is 2.23. The maximum absolute atomic E-state index is 12.9. The minimum Gasteiger partial charge on any atom is -0.451 e. The van der Waals surface area contributed by atoms with Crippen LogP contribution in [0.4, 0.5) is 15.9 Å². The number of halogens is 1. The number of nitro groups is 1. The summed E-state index contributed by atoms with van der Waals surface area (Å²) in [5, 5.41) is 17.1. The van der Waals surface area contributed by atoms with Gasteiger partial charge in [-0.2, -0.15) is 5.10 Å². The summed E-state index contributed by atoms with van der Waals surface area (Å²) in [5.74, 6) is -0.754. The normalized spacial score (nSPS) is 10.6. The van der Waals surface area contributed by atoms with Crippen LogP contribution in [0.1, 0.15) is 10.6 Å². The van der Waals surface area contributed by atoms with Crippen LogP contribution in [0.2, 0.25) is 0 Å². The van der Waals surface area contributed by atoms with Crippen molar-refractivity contribution in [3.8, 4) is 11.3 Å². The number of anilines is 1. The van der Waals surface area contributed by atoms with Crippen molar-refractivity contribution in [3.05, 3.63) is 64.3 Å². The summed E-state index contributed by atoms with van der Waals surface area (Å²) in [5.41, 5.74) is 0.276. The Morgan fingerprint density at radius 3 is 2.67 bits per heavy atom. The molecule has 24 heavy (non-hydrogen) atoms. The SMILES string of the molecule is Cn1ncc([N+](=O)[O-])c1NC(=O)c1ccc(-c2ccc(F)cc2)o1. The van der Waals surface area contributed by atoms with E-state index in [9.17, 15) is 19.3 Å². The number of nitrogens with zero attached hydrogens (tertiary/aromatic N) is 3. The van der Waals surface area contributed by atoms with Crippen LogP contribution in [0.3, 0.4) is 0 Å². The summed E-state index contributed by atoms with van der Waals surface area (Å²) >= 11 is 0. The highest BCUT2D eigenvalue weighted by Crippen LogP contribution is 2.25. The number of aromatic nitrogens is 2. The van der Waals surface area contributed by atoms with Gasteiger partial charge in [-0.15, -0.1) is 0 Å². The third kappa shape index (κ3) is 2.86. The Morgan fingerprint density at radius 1 is 1.29 bits per heavy atom. The number of nitrogens with one attached hydrogen (secondary N) is 1. The predicted octanol–water partition coefficient (Wildman–Crippen LogP) is 2.98. The van der Waals surface area contributed by atoms with E-state index in [1.165, 1.54) is 42.1 Å². The lowest BCUT2D eigenvalue weighted by molar-refractivity contribution is -0.384. The molecule has 0 radical (unpaired) electrons. The molecule has 0 unspecified atom stereocenters. The molecule has 2 heterocycles. The molecular formula is C15H11FN4O4. The number of carbonyl (C=O) groups is 1. The Balaban J connectivity index is 1.83. The first-order valence-corrected chi connectivity index (χ1v) is 6.79. The quantitative estimate of drug-likeness (QED) is 0.585. The number of hydrogen-bond acceptors (Lipinski definition) is 5. The van der Waals surface area contributed by atoms with Crippen LogP contribution in [-0.2, 0) is 7.05 Å². The zero-order chi connectivity index (χ0) is 17.3. The van der Waals surface area contributed by atoms with Crippen molar-refractivity contribution in [3.63, 3.8) is 0 Å². The minimum atomic E-state index is -0.657. The van der Waals surface area contributed by atoms with Crippen molar-refractivity contribution in [2.75, 3.05) is 5.32 Å². The van der Waals surface area contributed by atoms with Crippen molar-refractivity contribution in [1.29, 1.82) is 0 Å². The van der Waals surface area contributed by atoms with E-state index < -0.39 is 10.8 Å². The van der Waals surface area contributed by atoms with E-state index in [4.69, 9.17) is 4.42 Å². The predicted molar refractivity (Wildman–Crippen MR) is 81.9 cm³/mol. The summed E-state index contributed by atoms with van der Waals surface area (Å²) in [6, 6.07) is 8.56. The van der Waals surface area contributed by atoms with Gasteiger partial charge in [-0.1, -0.05) is 0 Å². The van der Waals surface area contributed by atoms with Crippen LogP contribution < -0.4 is 5.32 Å². The number of amides is 1. The van der Waals surface area contributed by atoms with Gasteiger partial charge in [-0.05, 0) is 36.4 Å². The smallest absolute Gasteiger partial charge is 0.331 e. The Hall–Kier alpha value is -3.49. The molecule has 0 aliphatic rings. The third-order valence-corrected chi connectivity index (χ3v) is 3.31. The molecule has 9 heteroatoms.